The Balaban J connectivity index is 1.41. The maximum absolute atomic E-state index is 13.2. The van der Waals surface area contributed by atoms with Crippen LogP contribution in [0.2, 0.25) is 0 Å². The molecule has 5 nitrogen and oxygen atoms in total. The van der Waals surface area contributed by atoms with Crippen molar-refractivity contribution in [3.8, 4) is 5.75 Å². The van der Waals surface area contributed by atoms with E-state index in [9.17, 15) is 8.78 Å². The molecule has 0 spiro atoms. The van der Waals surface area contributed by atoms with Crippen LogP contribution >= 0.6 is 0 Å². The third kappa shape index (κ3) is 6.06. The fraction of sp³-hybridized carbons (Fsp3) is 0.667. The zero-order valence-electron chi connectivity index (χ0n) is 16.7. The first-order valence-electron chi connectivity index (χ1n) is 10.5. The number of piperidine rings is 1. The number of nitrogens with zero attached hydrogens (tertiary/aromatic N) is 2. The smallest absolute Gasteiger partial charge is 0.191 e. The molecule has 2 N–H and O–H groups in total. The predicted octanol–water partition coefficient (Wildman–Crippen LogP) is 3.31. The summed E-state index contributed by atoms with van der Waals surface area (Å²) in [5.41, 5.74) is 0. The largest absolute Gasteiger partial charge is 0.492 e. The Kier molecular flexibility index (Phi) is 7.89. The molecule has 0 bridgehead atoms. The highest BCUT2D eigenvalue weighted by Crippen LogP contribution is 2.26. The minimum Gasteiger partial charge on any atom is -0.492 e. The van der Waals surface area contributed by atoms with Crippen LogP contribution in [-0.4, -0.2) is 55.7 Å². The lowest BCUT2D eigenvalue weighted by Gasteiger charge is -2.36. The van der Waals surface area contributed by atoms with Crippen molar-refractivity contribution >= 4 is 5.96 Å². The third-order valence-electron chi connectivity index (χ3n) is 5.58. The predicted molar refractivity (Wildman–Crippen MR) is 108 cm³/mol. The van der Waals surface area contributed by atoms with Crippen LogP contribution in [0.1, 0.15) is 45.4 Å². The van der Waals surface area contributed by atoms with E-state index < -0.39 is 11.6 Å². The highest BCUT2D eigenvalue weighted by atomic mass is 19.2. The van der Waals surface area contributed by atoms with Gasteiger partial charge in [-0.2, -0.15) is 0 Å². The molecule has 1 aromatic rings. The maximum Gasteiger partial charge on any atom is 0.191 e. The summed E-state index contributed by atoms with van der Waals surface area (Å²) >= 11 is 0. The van der Waals surface area contributed by atoms with Gasteiger partial charge in [-0.15, -0.1) is 0 Å². The van der Waals surface area contributed by atoms with E-state index in [0.29, 0.717) is 24.9 Å². The Morgan fingerprint density at radius 3 is 2.57 bits per heavy atom. The Morgan fingerprint density at radius 2 is 1.89 bits per heavy atom. The van der Waals surface area contributed by atoms with Crippen LogP contribution in [0, 0.1) is 11.6 Å². The van der Waals surface area contributed by atoms with Crippen LogP contribution in [-0.2, 0) is 0 Å². The second-order valence-corrected chi connectivity index (χ2v) is 7.58. The second kappa shape index (κ2) is 10.6. The molecule has 1 aliphatic carbocycles. The van der Waals surface area contributed by atoms with Crippen LogP contribution in [0.15, 0.2) is 23.2 Å². The fourth-order valence-electron chi connectivity index (χ4n) is 4.08. The lowest BCUT2D eigenvalue weighted by Crippen LogP contribution is -2.50. The van der Waals surface area contributed by atoms with E-state index in [0.717, 1.165) is 56.6 Å². The molecule has 1 heterocycles. The molecule has 1 aliphatic heterocycles. The summed E-state index contributed by atoms with van der Waals surface area (Å²) in [6.45, 7) is 5.88. The molecular weight excluding hydrogens is 362 g/mol. The minimum absolute atomic E-state index is 0.307. The van der Waals surface area contributed by atoms with E-state index in [1.54, 1.807) is 0 Å². The molecule has 3 rings (SSSR count). The maximum atomic E-state index is 13.2. The van der Waals surface area contributed by atoms with E-state index in [4.69, 9.17) is 4.74 Å². The molecule has 0 radical (unpaired) electrons. The van der Waals surface area contributed by atoms with Gasteiger partial charge in [-0.3, -0.25) is 0 Å². The summed E-state index contributed by atoms with van der Waals surface area (Å²) in [5, 5.41) is 6.80. The summed E-state index contributed by atoms with van der Waals surface area (Å²) in [4.78, 5) is 7.20. The molecule has 7 heteroatoms. The van der Waals surface area contributed by atoms with Gasteiger partial charge in [-0.25, -0.2) is 13.8 Å². The molecule has 156 valence electrons. The van der Waals surface area contributed by atoms with Crippen molar-refractivity contribution in [2.75, 3.05) is 32.8 Å². The molecule has 0 unspecified atom stereocenters. The van der Waals surface area contributed by atoms with Gasteiger partial charge in [-0.1, -0.05) is 12.8 Å². The number of hydrogen-bond donors (Lipinski definition) is 2. The average molecular weight is 395 g/mol. The van der Waals surface area contributed by atoms with Crippen molar-refractivity contribution < 1.29 is 13.5 Å². The zero-order valence-corrected chi connectivity index (χ0v) is 16.7. The number of ether oxygens (including phenoxy) is 1. The van der Waals surface area contributed by atoms with Crippen molar-refractivity contribution in [3.05, 3.63) is 29.8 Å². The van der Waals surface area contributed by atoms with Gasteiger partial charge < -0.3 is 20.3 Å². The van der Waals surface area contributed by atoms with Crippen LogP contribution in [0.4, 0.5) is 8.78 Å². The quantitative estimate of drug-likeness (QED) is 0.423. The van der Waals surface area contributed by atoms with Crippen LogP contribution in [0.3, 0.4) is 0 Å². The number of halogens is 2. The van der Waals surface area contributed by atoms with Crippen molar-refractivity contribution in [2.24, 2.45) is 4.99 Å². The number of hydrogen-bond acceptors (Lipinski definition) is 3. The van der Waals surface area contributed by atoms with Crippen molar-refractivity contribution in [1.29, 1.82) is 0 Å². The lowest BCUT2D eigenvalue weighted by atomic mass is 10.0. The molecule has 1 saturated carbocycles. The summed E-state index contributed by atoms with van der Waals surface area (Å²) in [5.74, 6) is -0.676. The van der Waals surface area contributed by atoms with Gasteiger partial charge in [0.25, 0.3) is 0 Å². The highest BCUT2D eigenvalue weighted by Gasteiger charge is 2.27. The molecule has 0 amide bonds. The van der Waals surface area contributed by atoms with Crippen molar-refractivity contribution in [3.63, 3.8) is 0 Å². The van der Waals surface area contributed by atoms with E-state index in [-0.39, 0.29) is 0 Å². The molecule has 2 aliphatic rings. The summed E-state index contributed by atoms with van der Waals surface area (Å²) in [7, 11) is 0. The molecule has 1 saturated heterocycles. The summed E-state index contributed by atoms with van der Waals surface area (Å²) < 4.78 is 31.6. The first kappa shape index (κ1) is 20.8. The molecule has 2 fully saturated rings. The topological polar surface area (TPSA) is 48.9 Å². The van der Waals surface area contributed by atoms with Crippen LogP contribution < -0.4 is 15.4 Å². The Hall–Kier alpha value is -1.89. The fourth-order valence-corrected chi connectivity index (χ4v) is 4.08. The summed E-state index contributed by atoms with van der Waals surface area (Å²) in [6, 6.07) is 4.78. The number of guanidine groups is 1. The van der Waals surface area contributed by atoms with E-state index in [1.807, 2.05) is 6.92 Å². The monoisotopic (exact) mass is 394 g/mol. The number of nitrogens with one attached hydrogen (secondary N) is 2. The highest BCUT2D eigenvalue weighted by molar-refractivity contribution is 5.80. The number of rotatable bonds is 7. The first-order chi connectivity index (χ1) is 13.7. The van der Waals surface area contributed by atoms with Gasteiger partial charge in [0.15, 0.2) is 17.6 Å². The molecule has 28 heavy (non-hydrogen) atoms. The number of benzene rings is 1. The lowest BCUT2D eigenvalue weighted by molar-refractivity contribution is 0.150. The Labute approximate surface area is 166 Å². The average Bonchev–Trinajstić information content (AvgIpc) is 3.23. The van der Waals surface area contributed by atoms with Gasteiger partial charge in [0.1, 0.15) is 12.4 Å². The molecule has 0 aromatic heterocycles. The number of likely N-dealkylation sites (tertiary alicyclic amines) is 1. The van der Waals surface area contributed by atoms with Crippen LogP contribution in [0.5, 0.6) is 5.75 Å². The SMILES string of the molecule is CCNC(=NCCOc1ccc(F)c(F)c1)NC1CCN(C2CCCC2)CC1. The Morgan fingerprint density at radius 1 is 1.14 bits per heavy atom. The van der Waals surface area contributed by atoms with Crippen molar-refractivity contribution in [1.82, 2.24) is 15.5 Å². The van der Waals surface area contributed by atoms with E-state index in [1.165, 1.54) is 31.7 Å². The van der Waals surface area contributed by atoms with E-state index in [2.05, 4.69) is 20.5 Å². The van der Waals surface area contributed by atoms with Crippen molar-refractivity contribution in [2.45, 2.75) is 57.5 Å². The molecule has 1 aromatic carbocycles. The second-order valence-electron chi connectivity index (χ2n) is 7.58. The molecular formula is C21H32F2N4O. The van der Waals surface area contributed by atoms with Gasteiger partial charge in [-0.05, 0) is 44.7 Å². The molecule has 0 atom stereocenters. The van der Waals surface area contributed by atoms with Gasteiger partial charge in [0.05, 0.1) is 6.54 Å². The first-order valence-corrected chi connectivity index (χ1v) is 10.5. The standard InChI is InChI=1S/C21H32F2N4O/c1-2-24-21(25-11-14-28-18-7-8-19(22)20(23)15-18)26-16-9-12-27(13-10-16)17-5-3-4-6-17/h7-8,15-17H,2-6,9-14H2,1H3,(H2,24,25,26). The van der Waals surface area contributed by atoms with Gasteiger partial charge >= 0.3 is 0 Å². The van der Waals surface area contributed by atoms with Crippen LogP contribution in [0.25, 0.3) is 0 Å². The normalized spacial score (nSPS) is 19.8. The van der Waals surface area contributed by atoms with Gasteiger partial charge in [0, 0.05) is 37.8 Å². The number of aliphatic imine (C=N–C) groups is 1. The van der Waals surface area contributed by atoms with E-state index >= 15 is 0 Å². The zero-order chi connectivity index (χ0) is 19.8. The third-order valence-corrected chi connectivity index (χ3v) is 5.58. The Bertz CT molecular complexity index is 641. The van der Waals surface area contributed by atoms with Gasteiger partial charge in [0.2, 0.25) is 0 Å². The summed E-state index contributed by atoms with van der Waals surface area (Å²) in [6.07, 6.45) is 7.75. The minimum atomic E-state index is -0.903.